The van der Waals surface area contributed by atoms with Crippen LogP contribution >= 0.6 is 24.2 Å². The van der Waals surface area contributed by atoms with E-state index in [1.54, 1.807) is 11.8 Å². The van der Waals surface area contributed by atoms with Crippen LogP contribution < -0.4 is 10.6 Å². The number of nitrogens with zero attached hydrogens (tertiary/aromatic N) is 1. The zero-order valence-electron chi connectivity index (χ0n) is 17.7. The first kappa shape index (κ1) is 25.5. The molecule has 28 heavy (non-hydrogen) atoms. The number of rotatable bonds is 10. The molecule has 2 aliphatic heterocycles. The van der Waals surface area contributed by atoms with Gasteiger partial charge in [-0.05, 0) is 70.5 Å². The molecule has 6 nitrogen and oxygen atoms in total. The number of nitrogens with one attached hydrogen (secondary N) is 2. The number of ether oxygens (including phenoxy) is 1. The molecule has 164 valence electrons. The first-order chi connectivity index (χ1) is 13.0. The lowest BCUT2D eigenvalue weighted by molar-refractivity contribution is -0.152. The summed E-state index contributed by atoms with van der Waals surface area (Å²) in [7, 11) is 0. The highest BCUT2D eigenvalue weighted by molar-refractivity contribution is 7.98. The minimum atomic E-state index is -0.558. The second-order valence-electron chi connectivity index (χ2n) is 8.02. The van der Waals surface area contributed by atoms with Crippen LogP contribution in [0.25, 0.3) is 0 Å². The predicted molar refractivity (Wildman–Crippen MR) is 118 cm³/mol. The zero-order valence-corrected chi connectivity index (χ0v) is 19.4. The van der Waals surface area contributed by atoms with Crippen molar-refractivity contribution in [3.63, 3.8) is 0 Å². The van der Waals surface area contributed by atoms with Crippen molar-refractivity contribution >= 4 is 36.0 Å². The third-order valence-corrected chi connectivity index (χ3v) is 6.24. The van der Waals surface area contributed by atoms with Crippen LogP contribution in [0.2, 0.25) is 0 Å². The average molecular weight is 436 g/mol. The van der Waals surface area contributed by atoms with Gasteiger partial charge in [0.1, 0.15) is 6.04 Å². The van der Waals surface area contributed by atoms with Gasteiger partial charge in [0.25, 0.3) is 0 Å². The molecule has 0 aromatic carbocycles. The number of likely N-dealkylation sites (tertiary alicyclic amines) is 1. The molecule has 2 rings (SSSR count). The van der Waals surface area contributed by atoms with Crippen molar-refractivity contribution in [1.29, 1.82) is 0 Å². The van der Waals surface area contributed by atoms with Crippen LogP contribution in [-0.2, 0) is 14.3 Å². The first-order valence-corrected chi connectivity index (χ1v) is 11.8. The van der Waals surface area contributed by atoms with Crippen LogP contribution in [0.15, 0.2) is 0 Å². The predicted octanol–water partition coefficient (Wildman–Crippen LogP) is 2.45. The van der Waals surface area contributed by atoms with E-state index in [-0.39, 0.29) is 36.4 Å². The van der Waals surface area contributed by atoms with Crippen molar-refractivity contribution < 1.29 is 14.3 Å². The van der Waals surface area contributed by atoms with Gasteiger partial charge in [-0.15, -0.1) is 12.4 Å². The molecule has 2 unspecified atom stereocenters. The molecule has 0 spiro atoms. The van der Waals surface area contributed by atoms with Crippen LogP contribution in [0.3, 0.4) is 0 Å². The Morgan fingerprint density at radius 1 is 1.32 bits per heavy atom. The fraction of sp³-hybridized carbons (Fsp3) is 0.900. The molecule has 2 saturated heterocycles. The lowest BCUT2D eigenvalue weighted by Crippen LogP contribution is -2.53. The van der Waals surface area contributed by atoms with E-state index >= 15 is 0 Å². The molecule has 0 bridgehead atoms. The summed E-state index contributed by atoms with van der Waals surface area (Å²) in [5.74, 6) is 0.843. The third-order valence-electron chi connectivity index (χ3n) is 5.60. The molecule has 2 aliphatic rings. The second-order valence-corrected chi connectivity index (χ2v) is 9.00. The Morgan fingerprint density at radius 2 is 2.07 bits per heavy atom. The van der Waals surface area contributed by atoms with E-state index in [4.69, 9.17) is 4.74 Å². The summed E-state index contributed by atoms with van der Waals surface area (Å²) in [4.78, 5) is 28.0. The van der Waals surface area contributed by atoms with E-state index in [0.717, 1.165) is 38.2 Å². The molecule has 0 aromatic heterocycles. The molecule has 0 saturated carbocycles. The Kier molecular flexibility index (Phi) is 11.8. The number of esters is 1. The van der Waals surface area contributed by atoms with Gasteiger partial charge in [0.2, 0.25) is 5.91 Å². The van der Waals surface area contributed by atoms with Gasteiger partial charge in [-0.25, -0.2) is 4.79 Å². The van der Waals surface area contributed by atoms with E-state index in [1.165, 1.54) is 12.8 Å². The molecule has 1 amide bonds. The van der Waals surface area contributed by atoms with Gasteiger partial charge in [0.05, 0.1) is 12.1 Å². The standard InChI is InChI=1S/C20H37N3O3S.ClH/c1-5-15-8-11-23(13-16-7-6-10-21-16)18(15)19(24)22-17(9-12-27-4)20(25)26-14(2)3;/h14-18,21H,5-13H2,1-4H3,(H,22,24);1H/t15-,16-,17?,18?;/m0./s1. The van der Waals surface area contributed by atoms with Gasteiger partial charge in [-0.3, -0.25) is 9.69 Å². The molecule has 0 radical (unpaired) electrons. The van der Waals surface area contributed by atoms with Gasteiger partial charge in [-0.2, -0.15) is 11.8 Å². The van der Waals surface area contributed by atoms with Gasteiger partial charge in [0, 0.05) is 12.6 Å². The van der Waals surface area contributed by atoms with E-state index in [2.05, 4.69) is 22.5 Å². The van der Waals surface area contributed by atoms with Crippen LogP contribution in [0.5, 0.6) is 0 Å². The van der Waals surface area contributed by atoms with Crippen LogP contribution in [0.1, 0.15) is 52.9 Å². The normalized spacial score (nSPS) is 26.1. The lowest BCUT2D eigenvalue weighted by Gasteiger charge is -2.30. The number of carbonyl (C=O) groups is 2. The maximum absolute atomic E-state index is 13.2. The van der Waals surface area contributed by atoms with E-state index in [9.17, 15) is 9.59 Å². The highest BCUT2D eigenvalue weighted by atomic mass is 35.5. The minimum Gasteiger partial charge on any atom is -0.461 e. The lowest BCUT2D eigenvalue weighted by atomic mass is 9.96. The quantitative estimate of drug-likeness (QED) is 0.513. The molecule has 2 N–H and O–H groups in total. The Morgan fingerprint density at radius 3 is 2.64 bits per heavy atom. The van der Waals surface area contributed by atoms with Gasteiger partial charge >= 0.3 is 5.97 Å². The monoisotopic (exact) mass is 435 g/mol. The Hall–Kier alpha value is -0.500. The summed E-state index contributed by atoms with van der Waals surface area (Å²) < 4.78 is 5.37. The van der Waals surface area contributed by atoms with Crippen molar-refractivity contribution in [1.82, 2.24) is 15.5 Å². The maximum atomic E-state index is 13.2. The summed E-state index contributed by atoms with van der Waals surface area (Å²) in [6, 6.07) is -0.216. The number of thioether (sulfide) groups is 1. The van der Waals surface area contributed by atoms with Crippen LogP contribution in [-0.4, -0.2) is 72.6 Å². The molecule has 2 fully saturated rings. The number of halogens is 1. The highest BCUT2D eigenvalue weighted by Crippen LogP contribution is 2.28. The Balaban J connectivity index is 0.00000392. The number of amides is 1. The smallest absolute Gasteiger partial charge is 0.328 e. The molecular formula is C20H38ClN3O3S. The van der Waals surface area contributed by atoms with Crippen molar-refractivity contribution in [3.05, 3.63) is 0 Å². The zero-order chi connectivity index (χ0) is 19.8. The molecule has 2 heterocycles. The molecular weight excluding hydrogens is 398 g/mol. The molecule has 0 aliphatic carbocycles. The summed E-state index contributed by atoms with van der Waals surface area (Å²) in [6.45, 7) is 8.78. The van der Waals surface area contributed by atoms with Gasteiger partial charge < -0.3 is 15.4 Å². The van der Waals surface area contributed by atoms with Gasteiger partial charge in [-0.1, -0.05) is 13.3 Å². The maximum Gasteiger partial charge on any atom is 0.328 e. The van der Waals surface area contributed by atoms with Crippen LogP contribution in [0.4, 0.5) is 0 Å². The SMILES string of the molecule is CC[C@H]1CCN(C[C@@H]2CCCN2)C1C(=O)NC(CCSC)C(=O)OC(C)C.Cl. The van der Waals surface area contributed by atoms with E-state index in [1.807, 2.05) is 20.1 Å². The largest absolute Gasteiger partial charge is 0.461 e. The fourth-order valence-electron chi connectivity index (χ4n) is 4.19. The van der Waals surface area contributed by atoms with Crippen molar-refractivity contribution in [2.45, 2.75) is 77.1 Å². The minimum absolute atomic E-state index is 0. The fourth-order valence-corrected chi connectivity index (χ4v) is 4.66. The van der Waals surface area contributed by atoms with E-state index < -0.39 is 6.04 Å². The number of hydrogen-bond donors (Lipinski definition) is 2. The topological polar surface area (TPSA) is 70.7 Å². The highest BCUT2D eigenvalue weighted by Gasteiger charge is 2.40. The summed E-state index contributed by atoms with van der Waals surface area (Å²) >= 11 is 1.67. The molecule has 0 aromatic rings. The van der Waals surface area contributed by atoms with E-state index in [0.29, 0.717) is 18.4 Å². The Labute approximate surface area is 180 Å². The van der Waals surface area contributed by atoms with Crippen molar-refractivity contribution in [2.24, 2.45) is 5.92 Å². The van der Waals surface area contributed by atoms with Crippen molar-refractivity contribution in [3.8, 4) is 0 Å². The molecule has 8 heteroatoms. The summed E-state index contributed by atoms with van der Waals surface area (Å²) in [5.41, 5.74) is 0. The van der Waals surface area contributed by atoms with Crippen LogP contribution in [0, 0.1) is 5.92 Å². The second kappa shape index (κ2) is 12.9. The Bertz CT molecular complexity index is 489. The van der Waals surface area contributed by atoms with Gasteiger partial charge in [0.15, 0.2) is 0 Å². The first-order valence-electron chi connectivity index (χ1n) is 10.4. The third kappa shape index (κ3) is 7.39. The molecule has 4 atom stereocenters. The number of hydrogen-bond acceptors (Lipinski definition) is 6. The average Bonchev–Trinajstić information content (AvgIpc) is 3.27. The summed E-state index contributed by atoms with van der Waals surface area (Å²) in [6.07, 6.45) is 6.86. The number of carbonyl (C=O) groups excluding carboxylic acids is 2. The van der Waals surface area contributed by atoms with Crippen molar-refractivity contribution in [2.75, 3.05) is 31.6 Å². The summed E-state index contributed by atoms with van der Waals surface area (Å²) in [5, 5.41) is 6.56.